The van der Waals surface area contributed by atoms with Crippen molar-refractivity contribution in [3.05, 3.63) is 11.6 Å². The summed E-state index contributed by atoms with van der Waals surface area (Å²) >= 11 is 0. The van der Waals surface area contributed by atoms with Crippen LogP contribution in [0.2, 0.25) is 0 Å². The Kier molecular flexibility index (Phi) is 8.24. The summed E-state index contributed by atoms with van der Waals surface area (Å²) in [5.41, 5.74) is 2.09. The third-order valence-corrected chi connectivity index (χ3v) is 14.2. The highest BCUT2D eigenvalue weighted by molar-refractivity contribution is 5.97. The van der Waals surface area contributed by atoms with Gasteiger partial charge >= 0.3 is 0 Å². The normalized spacial score (nSPS) is 46.9. The minimum atomic E-state index is -0.346. The van der Waals surface area contributed by atoms with Crippen LogP contribution in [0.25, 0.3) is 0 Å². The fraction of sp³-hybridized carbons (Fsp3) is 0.889. The van der Waals surface area contributed by atoms with Crippen molar-refractivity contribution in [2.24, 2.45) is 46.3 Å². The molecule has 2 N–H and O–H groups in total. The minimum absolute atomic E-state index is 0.0635. The molecule has 7 rings (SSSR count). The molecule has 44 heavy (non-hydrogen) atoms. The molecule has 1 unspecified atom stereocenters. The highest BCUT2D eigenvalue weighted by Gasteiger charge is 2.68. The van der Waals surface area contributed by atoms with Crippen LogP contribution in [0.5, 0.6) is 0 Å². The van der Waals surface area contributed by atoms with Gasteiger partial charge in [0, 0.05) is 51.1 Å². The van der Waals surface area contributed by atoms with Crippen LogP contribution in [0.3, 0.4) is 0 Å². The highest BCUT2D eigenvalue weighted by Crippen LogP contribution is 2.70. The SMILES string of the molecule is C[C@@H]1CC[C@@]2(OC1)O[C@H]1C[C@H]3[C@@H]4CC=C5CC(NC(=O)CC(=O)N6CCN(CCO)CC6)CC[C@]5(C)[C@H]4CC[C@]3(C)[C@H]1[C@@H]2C. The average Bonchev–Trinajstić information content (AvgIpc) is 3.45. The molecule has 6 fully saturated rings. The molecular weight excluding hydrogens is 554 g/mol. The third-order valence-electron chi connectivity index (χ3n) is 14.2. The first-order valence-electron chi connectivity index (χ1n) is 18.0. The van der Waals surface area contributed by atoms with Crippen molar-refractivity contribution in [2.75, 3.05) is 45.9 Å². The highest BCUT2D eigenvalue weighted by atomic mass is 16.7. The number of piperazine rings is 1. The number of rotatable bonds is 5. The van der Waals surface area contributed by atoms with Crippen LogP contribution in [0.15, 0.2) is 11.6 Å². The fourth-order valence-corrected chi connectivity index (χ4v) is 11.7. The van der Waals surface area contributed by atoms with E-state index in [1.165, 1.54) is 25.7 Å². The van der Waals surface area contributed by atoms with Gasteiger partial charge in [0.2, 0.25) is 11.8 Å². The van der Waals surface area contributed by atoms with Crippen LogP contribution in [-0.2, 0) is 19.1 Å². The summed E-state index contributed by atoms with van der Waals surface area (Å²) in [6.45, 7) is 14.2. The molecule has 8 nitrogen and oxygen atoms in total. The van der Waals surface area contributed by atoms with E-state index < -0.39 is 0 Å². The number of amides is 2. The number of aliphatic hydroxyl groups is 1. The van der Waals surface area contributed by atoms with Crippen molar-refractivity contribution in [1.82, 2.24) is 15.1 Å². The molecule has 1 spiro atoms. The van der Waals surface area contributed by atoms with E-state index in [-0.39, 0.29) is 42.1 Å². The lowest BCUT2D eigenvalue weighted by atomic mass is 9.46. The Morgan fingerprint density at radius 2 is 1.84 bits per heavy atom. The van der Waals surface area contributed by atoms with Crippen molar-refractivity contribution in [1.29, 1.82) is 0 Å². The second-order valence-corrected chi connectivity index (χ2v) is 16.4. The van der Waals surface area contributed by atoms with Crippen molar-refractivity contribution >= 4 is 11.8 Å². The smallest absolute Gasteiger partial charge is 0.232 e. The lowest BCUT2D eigenvalue weighted by Gasteiger charge is -2.58. The molecule has 3 heterocycles. The minimum Gasteiger partial charge on any atom is -0.395 e. The Morgan fingerprint density at radius 3 is 2.57 bits per heavy atom. The van der Waals surface area contributed by atoms with Gasteiger partial charge in [-0.25, -0.2) is 0 Å². The number of hydrogen-bond donors (Lipinski definition) is 2. The number of aliphatic hydroxyl groups excluding tert-OH is 1. The van der Waals surface area contributed by atoms with E-state index in [0.717, 1.165) is 51.8 Å². The van der Waals surface area contributed by atoms with Crippen LogP contribution in [0, 0.1) is 46.3 Å². The second kappa shape index (κ2) is 11.6. The Bertz CT molecular complexity index is 1140. The number of fused-ring (bicyclic) bond motifs is 7. The van der Waals surface area contributed by atoms with Crippen molar-refractivity contribution in [3.8, 4) is 0 Å². The molecule has 0 aromatic carbocycles. The maximum absolute atomic E-state index is 13.0. The number of β-amino-alcohol motifs (C(OH)–C–C–N with tert-alkyl or cyclic N) is 1. The first-order valence-corrected chi connectivity index (χ1v) is 18.0. The molecule has 7 aliphatic rings. The van der Waals surface area contributed by atoms with Crippen molar-refractivity contribution in [2.45, 2.75) is 110 Å². The molecule has 3 saturated heterocycles. The van der Waals surface area contributed by atoms with Gasteiger partial charge in [-0.15, -0.1) is 0 Å². The number of carbonyl (C=O) groups excluding carboxylic acids is 2. The molecule has 246 valence electrons. The van der Waals surface area contributed by atoms with E-state index in [2.05, 4.69) is 44.0 Å². The summed E-state index contributed by atoms with van der Waals surface area (Å²) in [5, 5.41) is 12.4. The van der Waals surface area contributed by atoms with Gasteiger partial charge in [-0.1, -0.05) is 39.3 Å². The van der Waals surface area contributed by atoms with Gasteiger partial charge in [0.1, 0.15) is 6.42 Å². The summed E-state index contributed by atoms with van der Waals surface area (Å²) in [7, 11) is 0. The van der Waals surface area contributed by atoms with Gasteiger partial charge in [0.05, 0.1) is 19.3 Å². The first kappa shape index (κ1) is 31.1. The maximum atomic E-state index is 13.0. The Hall–Kier alpha value is -1.48. The quantitative estimate of drug-likeness (QED) is 0.355. The number of hydrogen-bond acceptors (Lipinski definition) is 6. The summed E-state index contributed by atoms with van der Waals surface area (Å²) in [6, 6.07) is 0.121. The Morgan fingerprint density at radius 1 is 1.05 bits per heavy atom. The zero-order valence-corrected chi connectivity index (χ0v) is 27.7. The number of carbonyl (C=O) groups is 2. The lowest BCUT2D eigenvalue weighted by molar-refractivity contribution is -0.272. The molecule has 0 aromatic heterocycles. The summed E-state index contributed by atoms with van der Waals surface area (Å²) in [5.74, 6) is 3.26. The Labute approximate surface area is 264 Å². The maximum Gasteiger partial charge on any atom is 0.232 e. The molecule has 3 aliphatic heterocycles. The molecule has 11 atom stereocenters. The van der Waals surface area contributed by atoms with E-state index in [1.807, 2.05) is 0 Å². The molecule has 0 aromatic rings. The summed E-state index contributed by atoms with van der Waals surface area (Å²) < 4.78 is 13.5. The number of nitrogens with zero attached hydrogens (tertiary/aromatic N) is 2. The molecule has 0 radical (unpaired) electrons. The van der Waals surface area contributed by atoms with E-state index in [0.29, 0.717) is 66.7 Å². The third kappa shape index (κ3) is 5.09. The van der Waals surface area contributed by atoms with E-state index in [4.69, 9.17) is 14.6 Å². The van der Waals surface area contributed by atoms with Crippen molar-refractivity contribution in [3.63, 3.8) is 0 Å². The molecule has 2 amide bonds. The van der Waals surface area contributed by atoms with Crippen LogP contribution in [-0.4, -0.2) is 90.6 Å². The van der Waals surface area contributed by atoms with E-state index in [9.17, 15) is 9.59 Å². The topological polar surface area (TPSA) is 91.3 Å². The standard InChI is InChI=1S/C36H57N3O5/c1-23-7-12-36(43-22-23)24(2)33-30(44-36)20-29-27-6-5-25-19-26(8-10-34(25,3)28(27)9-11-35(29,33)4)37-31(41)21-32(42)39-15-13-38(14-16-39)17-18-40/h5,23-24,26-30,33,40H,6-22H2,1-4H3,(H,37,41)/t23-,24+,26?,27-,28+,29+,30+,33+,34+,35+,36-/m1/s1. The monoisotopic (exact) mass is 611 g/mol. The molecular formula is C36H57N3O5. The summed E-state index contributed by atoms with van der Waals surface area (Å²) in [6.07, 6.45) is 13.1. The zero-order chi connectivity index (χ0) is 30.9. The number of ether oxygens (including phenoxy) is 2. The number of allylic oxidation sites excluding steroid dienone is 1. The lowest BCUT2D eigenvalue weighted by Crippen LogP contribution is -2.53. The molecule has 0 bridgehead atoms. The van der Waals surface area contributed by atoms with Gasteiger partial charge < -0.3 is 24.8 Å². The predicted octanol–water partition coefficient (Wildman–Crippen LogP) is 4.36. The predicted molar refractivity (Wildman–Crippen MR) is 168 cm³/mol. The van der Waals surface area contributed by atoms with Crippen LogP contribution < -0.4 is 5.32 Å². The van der Waals surface area contributed by atoms with Gasteiger partial charge in [-0.2, -0.15) is 0 Å². The van der Waals surface area contributed by atoms with Gasteiger partial charge in [0.25, 0.3) is 0 Å². The van der Waals surface area contributed by atoms with Crippen LogP contribution >= 0.6 is 0 Å². The van der Waals surface area contributed by atoms with Gasteiger partial charge in [-0.3, -0.25) is 14.5 Å². The van der Waals surface area contributed by atoms with Crippen LogP contribution in [0.4, 0.5) is 0 Å². The van der Waals surface area contributed by atoms with E-state index in [1.54, 1.807) is 10.5 Å². The van der Waals surface area contributed by atoms with Gasteiger partial charge in [-0.05, 0) is 91.8 Å². The first-order chi connectivity index (χ1) is 21.1. The second-order valence-electron chi connectivity index (χ2n) is 16.4. The summed E-state index contributed by atoms with van der Waals surface area (Å²) in [4.78, 5) is 29.8. The van der Waals surface area contributed by atoms with Crippen molar-refractivity contribution < 1.29 is 24.2 Å². The van der Waals surface area contributed by atoms with E-state index >= 15 is 0 Å². The largest absolute Gasteiger partial charge is 0.395 e. The molecule has 8 heteroatoms. The van der Waals surface area contributed by atoms with Gasteiger partial charge in [0.15, 0.2) is 5.79 Å². The Balaban J connectivity index is 0.966. The zero-order valence-electron chi connectivity index (χ0n) is 27.7. The fourth-order valence-electron chi connectivity index (χ4n) is 11.7. The molecule has 4 aliphatic carbocycles. The average molecular weight is 612 g/mol. The molecule has 3 saturated carbocycles. The van der Waals surface area contributed by atoms with Crippen LogP contribution in [0.1, 0.15) is 91.9 Å². The number of nitrogens with one attached hydrogen (secondary N) is 1.